The third-order valence-electron chi connectivity index (χ3n) is 4.09. The zero-order chi connectivity index (χ0) is 15.3. The minimum atomic E-state index is 0.270. The van der Waals surface area contributed by atoms with Crippen molar-refractivity contribution in [1.82, 2.24) is 4.90 Å². The molecular weight excluding hydrogens is 260 g/mol. The van der Waals surface area contributed by atoms with Gasteiger partial charge in [-0.2, -0.15) is 0 Å². The van der Waals surface area contributed by atoms with Crippen molar-refractivity contribution in [1.29, 1.82) is 0 Å². The first-order valence-electron chi connectivity index (χ1n) is 7.56. The van der Waals surface area contributed by atoms with Gasteiger partial charge in [0.15, 0.2) is 0 Å². The number of carbonyl (C=O) groups is 1. The highest BCUT2D eigenvalue weighted by molar-refractivity contribution is 5.76. The zero-order valence-electron chi connectivity index (χ0n) is 13.0. The van der Waals surface area contributed by atoms with Crippen molar-refractivity contribution in [3.8, 4) is 11.8 Å². The molecule has 3 nitrogen and oxygen atoms in total. The molecule has 1 aliphatic rings. The van der Waals surface area contributed by atoms with Crippen LogP contribution in [0.1, 0.15) is 44.2 Å². The largest absolute Gasteiger partial charge is 0.338 e. The van der Waals surface area contributed by atoms with Gasteiger partial charge in [0.1, 0.15) is 0 Å². The summed E-state index contributed by atoms with van der Waals surface area (Å²) >= 11 is 0. The van der Waals surface area contributed by atoms with Crippen LogP contribution in [-0.2, 0) is 11.3 Å². The summed E-state index contributed by atoms with van der Waals surface area (Å²) in [6.07, 6.45) is 2.71. The predicted molar refractivity (Wildman–Crippen MR) is 85.4 cm³/mol. The van der Waals surface area contributed by atoms with E-state index in [4.69, 9.17) is 5.73 Å². The lowest BCUT2D eigenvalue weighted by atomic mass is 9.85. The van der Waals surface area contributed by atoms with Crippen molar-refractivity contribution in [3.05, 3.63) is 35.4 Å². The van der Waals surface area contributed by atoms with Gasteiger partial charge in [0, 0.05) is 25.1 Å². The fourth-order valence-corrected chi connectivity index (χ4v) is 2.52. The van der Waals surface area contributed by atoms with Crippen LogP contribution in [0.3, 0.4) is 0 Å². The topological polar surface area (TPSA) is 46.3 Å². The Morgan fingerprint density at radius 1 is 1.24 bits per heavy atom. The summed E-state index contributed by atoms with van der Waals surface area (Å²) in [5.41, 5.74) is 7.75. The van der Waals surface area contributed by atoms with Gasteiger partial charge in [-0.1, -0.05) is 37.8 Å². The van der Waals surface area contributed by atoms with Crippen LogP contribution in [0, 0.1) is 17.3 Å². The summed E-state index contributed by atoms with van der Waals surface area (Å²) in [4.78, 5) is 14.2. The lowest BCUT2D eigenvalue weighted by Crippen LogP contribution is -2.30. The zero-order valence-corrected chi connectivity index (χ0v) is 13.0. The third-order valence-corrected chi connectivity index (χ3v) is 4.09. The van der Waals surface area contributed by atoms with Crippen LogP contribution in [0.4, 0.5) is 0 Å². The van der Waals surface area contributed by atoms with Gasteiger partial charge in [-0.3, -0.25) is 4.79 Å². The number of benzene rings is 1. The first kappa shape index (κ1) is 15.6. The predicted octanol–water partition coefficient (Wildman–Crippen LogP) is 2.54. The molecule has 21 heavy (non-hydrogen) atoms. The summed E-state index contributed by atoms with van der Waals surface area (Å²) in [6.45, 7) is 6.41. The van der Waals surface area contributed by atoms with Gasteiger partial charge in [-0.25, -0.2) is 0 Å². The summed E-state index contributed by atoms with van der Waals surface area (Å²) in [6, 6.07) is 8.07. The average Bonchev–Trinajstić information content (AvgIpc) is 2.59. The number of rotatable bonds is 2. The third kappa shape index (κ3) is 4.61. The lowest BCUT2D eigenvalue weighted by molar-refractivity contribution is -0.131. The molecule has 1 saturated heterocycles. The van der Waals surface area contributed by atoms with E-state index < -0.39 is 0 Å². The van der Waals surface area contributed by atoms with Gasteiger partial charge in [0.05, 0.1) is 6.54 Å². The van der Waals surface area contributed by atoms with Crippen molar-refractivity contribution in [2.75, 3.05) is 13.1 Å². The maximum atomic E-state index is 12.2. The van der Waals surface area contributed by atoms with Gasteiger partial charge in [0.2, 0.25) is 5.91 Å². The van der Waals surface area contributed by atoms with Crippen molar-refractivity contribution in [2.24, 2.45) is 11.1 Å². The van der Waals surface area contributed by atoms with E-state index in [1.807, 2.05) is 29.2 Å². The van der Waals surface area contributed by atoms with Crippen molar-refractivity contribution in [2.45, 2.75) is 39.7 Å². The highest BCUT2D eigenvalue weighted by Crippen LogP contribution is 2.30. The van der Waals surface area contributed by atoms with E-state index in [1.165, 1.54) is 0 Å². The standard InChI is InChI=1S/C18H24N2O/c1-18(2)10-9-17(21)20(13-11-18)14-16-7-5-15(6-8-16)4-3-12-19/h5-8H,9-14,19H2,1-2H3. The van der Waals surface area contributed by atoms with Crippen molar-refractivity contribution in [3.63, 3.8) is 0 Å². The molecule has 1 amide bonds. The molecular formula is C18H24N2O. The van der Waals surface area contributed by atoms with Gasteiger partial charge < -0.3 is 10.6 Å². The van der Waals surface area contributed by atoms with Crippen LogP contribution < -0.4 is 5.73 Å². The molecule has 0 unspecified atom stereocenters. The normalized spacial score (nSPS) is 17.9. The number of hydrogen-bond donors (Lipinski definition) is 1. The molecule has 2 N–H and O–H groups in total. The first-order valence-corrected chi connectivity index (χ1v) is 7.56. The highest BCUT2D eigenvalue weighted by Gasteiger charge is 2.27. The van der Waals surface area contributed by atoms with E-state index in [2.05, 4.69) is 25.7 Å². The van der Waals surface area contributed by atoms with Crippen LogP contribution in [0.15, 0.2) is 24.3 Å². The molecule has 1 aromatic carbocycles. The van der Waals surface area contributed by atoms with Crippen molar-refractivity contribution >= 4 is 5.91 Å². The quantitative estimate of drug-likeness (QED) is 0.848. The Morgan fingerprint density at radius 3 is 2.62 bits per heavy atom. The molecule has 0 radical (unpaired) electrons. The maximum Gasteiger partial charge on any atom is 0.222 e. The van der Waals surface area contributed by atoms with Gasteiger partial charge in [-0.05, 0) is 36.0 Å². The Labute approximate surface area is 127 Å². The van der Waals surface area contributed by atoms with Gasteiger partial charge in [-0.15, -0.1) is 0 Å². The number of amides is 1. The van der Waals surface area contributed by atoms with E-state index in [-0.39, 0.29) is 11.3 Å². The van der Waals surface area contributed by atoms with Crippen LogP contribution in [0.2, 0.25) is 0 Å². The smallest absolute Gasteiger partial charge is 0.222 e. The summed E-state index contributed by atoms with van der Waals surface area (Å²) in [7, 11) is 0. The summed E-state index contributed by atoms with van der Waals surface area (Å²) < 4.78 is 0. The molecule has 0 atom stereocenters. The molecule has 1 heterocycles. The van der Waals surface area contributed by atoms with E-state index in [1.54, 1.807) is 0 Å². The second-order valence-corrected chi connectivity index (χ2v) is 6.43. The van der Waals surface area contributed by atoms with Crippen LogP contribution in [0.25, 0.3) is 0 Å². The molecule has 1 fully saturated rings. The molecule has 1 aliphatic heterocycles. The number of likely N-dealkylation sites (tertiary alicyclic amines) is 1. The Balaban J connectivity index is 2.02. The van der Waals surface area contributed by atoms with Gasteiger partial charge >= 0.3 is 0 Å². The average molecular weight is 284 g/mol. The van der Waals surface area contributed by atoms with Crippen LogP contribution in [-0.4, -0.2) is 23.9 Å². The number of hydrogen-bond acceptors (Lipinski definition) is 2. The molecule has 3 heteroatoms. The van der Waals surface area contributed by atoms with E-state index >= 15 is 0 Å². The van der Waals surface area contributed by atoms with E-state index in [9.17, 15) is 4.79 Å². The van der Waals surface area contributed by atoms with E-state index in [0.29, 0.717) is 19.5 Å². The Kier molecular flexibility index (Phi) is 5.03. The molecule has 0 saturated carbocycles. The summed E-state index contributed by atoms with van der Waals surface area (Å²) in [5.74, 6) is 6.12. The minimum Gasteiger partial charge on any atom is -0.338 e. The van der Waals surface area contributed by atoms with Crippen molar-refractivity contribution < 1.29 is 4.79 Å². The Bertz CT molecular complexity index is 549. The fourth-order valence-electron chi connectivity index (χ4n) is 2.52. The molecule has 2 rings (SSSR count). The second kappa shape index (κ2) is 6.78. The van der Waals surface area contributed by atoms with E-state index in [0.717, 1.165) is 30.5 Å². The molecule has 0 aromatic heterocycles. The van der Waals surface area contributed by atoms with Gasteiger partial charge in [0.25, 0.3) is 0 Å². The Morgan fingerprint density at radius 2 is 1.95 bits per heavy atom. The second-order valence-electron chi connectivity index (χ2n) is 6.43. The number of nitrogens with zero attached hydrogens (tertiary/aromatic N) is 1. The number of carbonyl (C=O) groups excluding carboxylic acids is 1. The first-order chi connectivity index (χ1) is 10.00. The van der Waals surface area contributed by atoms with Crippen LogP contribution >= 0.6 is 0 Å². The molecule has 0 bridgehead atoms. The minimum absolute atomic E-state index is 0.270. The highest BCUT2D eigenvalue weighted by atomic mass is 16.2. The summed E-state index contributed by atoms with van der Waals surface area (Å²) in [5, 5.41) is 0. The molecule has 112 valence electrons. The number of nitrogens with two attached hydrogens (primary N) is 1. The molecule has 1 aromatic rings. The maximum absolute atomic E-state index is 12.2. The molecule has 0 aliphatic carbocycles. The lowest BCUT2D eigenvalue weighted by Gasteiger charge is -2.23. The SMILES string of the molecule is CC1(C)CCC(=O)N(Cc2ccc(C#CCN)cc2)CC1. The fraction of sp³-hybridized carbons (Fsp3) is 0.500. The van der Waals surface area contributed by atoms with Crippen LogP contribution in [0.5, 0.6) is 0 Å². The Hall–Kier alpha value is -1.79. The monoisotopic (exact) mass is 284 g/mol. The molecule has 0 spiro atoms.